The standard InChI is InChI=1S/C10H11ClN2O3.C7H6Cl2N2O2.2CH4/c1-2-7-8(13(14)15)5-12-10(9(7)11)16-6-3-4-6;1-2-4-5(11(12)13)3-10-7(9)6(4)8;;/h5-6H,2-4H2,1H3;3H,2H2,1H3;2*1H4. The predicted octanol–water partition coefficient (Wildman–Crippen LogP) is 6.88. The Balaban J connectivity index is 0.000000557. The summed E-state index contributed by atoms with van der Waals surface area (Å²) in [5.41, 5.74) is 0.775. The van der Waals surface area contributed by atoms with Crippen molar-refractivity contribution in [2.24, 2.45) is 0 Å². The molecule has 0 spiro atoms. The maximum Gasteiger partial charge on any atom is 0.292 e. The van der Waals surface area contributed by atoms with Crippen molar-refractivity contribution in [2.75, 3.05) is 0 Å². The van der Waals surface area contributed by atoms with E-state index in [4.69, 9.17) is 39.5 Å². The molecule has 0 N–H and O–H groups in total. The van der Waals surface area contributed by atoms with Crippen LogP contribution in [0, 0.1) is 20.2 Å². The number of ether oxygens (including phenoxy) is 1. The van der Waals surface area contributed by atoms with Gasteiger partial charge < -0.3 is 4.74 Å². The minimum atomic E-state index is -0.520. The Kier molecular flexibility index (Phi) is 11.7. The first kappa shape index (κ1) is 28.8. The lowest BCUT2D eigenvalue weighted by Crippen LogP contribution is -2.03. The first-order valence-corrected chi connectivity index (χ1v) is 9.80. The highest BCUT2D eigenvalue weighted by Gasteiger charge is 2.27. The molecule has 12 heteroatoms. The number of pyridine rings is 2. The van der Waals surface area contributed by atoms with E-state index in [9.17, 15) is 20.2 Å². The molecule has 9 nitrogen and oxygen atoms in total. The number of hydrogen-bond acceptors (Lipinski definition) is 7. The molecule has 2 aromatic rings. The summed E-state index contributed by atoms with van der Waals surface area (Å²) in [7, 11) is 0. The topological polar surface area (TPSA) is 121 Å². The molecule has 2 heterocycles. The van der Waals surface area contributed by atoms with Crippen molar-refractivity contribution < 1.29 is 14.6 Å². The lowest BCUT2D eigenvalue weighted by molar-refractivity contribution is -0.386. The zero-order chi connectivity index (χ0) is 21.7. The number of nitrogens with zero attached hydrogens (tertiary/aromatic N) is 4. The summed E-state index contributed by atoms with van der Waals surface area (Å²) < 4.78 is 5.47. The van der Waals surface area contributed by atoms with Crippen LogP contribution in [0.3, 0.4) is 0 Å². The maximum absolute atomic E-state index is 10.7. The van der Waals surface area contributed by atoms with Crippen molar-refractivity contribution >= 4 is 46.2 Å². The lowest BCUT2D eigenvalue weighted by atomic mass is 10.2. The molecule has 0 aliphatic heterocycles. The van der Waals surface area contributed by atoms with Crippen LogP contribution in [0.1, 0.15) is 52.7 Å². The third-order valence-electron chi connectivity index (χ3n) is 4.02. The number of nitro groups is 2. The highest BCUT2D eigenvalue weighted by Crippen LogP contribution is 2.36. The molecule has 1 saturated carbocycles. The fraction of sp³-hybridized carbons (Fsp3) is 0.474. The van der Waals surface area contributed by atoms with Crippen molar-refractivity contribution in [3.05, 3.63) is 58.9 Å². The highest BCUT2D eigenvalue weighted by molar-refractivity contribution is 6.41. The van der Waals surface area contributed by atoms with E-state index in [-0.39, 0.29) is 47.5 Å². The summed E-state index contributed by atoms with van der Waals surface area (Å²) in [6, 6.07) is 0. The van der Waals surface area contributed by atoms with Gasteiger partial charge in [-0.15, -0.1) is 0 Å². The van der Waals surface area contributed by atoms with Crippen LogP contribution in [0.15, 0.2) is 12.4 Å². The zero-order valence-corrected chi connectivity index (χ0v) is 17.8. The van der Waals surface area contributed by atoms with Gasteiger partial charge in [-0.1, -0.05) is 63.5 Å². The third-order valence-corrected chi connectivity index (χ3v) is 5.20. The Morgan fingerprint density at radius 3 is 1.81 bits per heavy atom. The van der Waals surface area contributed by atoms with Crippen LogP contribution in [-0.4, -0.2) is 25.9 Å². The average Bonchev–Trinajstić information content (AvgIpc) is 3.49. The molecule has 1 aliphatic rings. The number of halogens is 3. The van der Waals surface area contributed by atoms with Crippen LogP contribution in [0.4, 0.5) is 11.4 Å². The van der Waals surface area contributed by atoms with Crippen molar-refractivity contribution in [3.63, 3.8) is 0 Å². The van der Waals surface area contributed by atoms with Gasteiger partial charge in [0.15, 0.2) is 0 Å². The van der Waals surface area contributed by atoms with Crippen LogP contribution < -0.4 is 4.74 Å². The second kappa shape index (κ2) is 12.6. The monoisotopic (exact) mass is 494 g/mol. The molecule has 0 amide bonds. The molecule has 2 aromatic heterocycles. The van der Waals surface area contributed by atoms with E-state index in [2.05, 4.69) is 9.97 Å². The first-order valence-electron chi connectivity index (χ1n) is 8.66. The van der Waals surface area contributed by atoms with Gasteiger partial charge in [0.05, 0.1) is 26.0 Å². The van der Waals surface area contributed by atoms with Gasteiger partial charge in [0.1, 0.15) is 28.7 Å². The molecular formula is C19H25Cl3N4O5. The second-order valence-electron chi connectivity index (χ2n) is 6.01. The summed E-state index contributed by atoms with van der Waals surface area (Å²) >= 11 is 17.4. The van der Waals surface area contributed by atoms with Crippen LogP contribution in [0.2, 0.25) is 15.2 Å². The SMILES string of the molecule is C.C.CCc1c([N+](=O)[O-])cnc(Cl)c1Cl.CCc1c([N+](=O)[O-])cnc(OC2CC2)c1Cl. The molecule has 1 fully saturated rings. The predicted molar refractivity (Wildman–Crippen MR) is 123 cm³/mol. The minimum Gasteiger partial charge on any atom is -0.473 e. The summed E-state index contributed by atoms with van der Waals surface area (Å²) in [5, 5.41) is 21.8. The fourth-order valence-corrected chi connectivity index (χ4v) is 3.16. The lowest BCUT2D eigenvalue weighted by Gasteiger charge is -2.08. The smallest absolute Gasteiger partial charge is 0.292 e. The summed E-state index contributed by atoms with van der Waals surface area (Å²) in [6.45, 7) is 3.58. The van der Waals surface area contributed by atoms with E-state index in [0.29, 0.717) is 29.8 Å². The molecule has 0 saturated heterocycles. The molecule has 0 atom stereocenters. The number of hydrogen-bond donors (Lipinski definition) is 0. The van der Waals surface area contributed by atoms with Gasteiger partial charge in [-0.3, -0.25) is 20.2 Å². The van der Waals surface area contributed by atoms with E-state index >= 15 is 0 Å². The molecule has 0 radical (unpaired) electrons. The minimum absolute atomic E-state index is 0. The third kappa shape index (κ3) is 7.15. The normalized spacial score (nSPS) is 11.9. The Labute approximate surface area is 196 Å². The highest BCUT2D eigenvalue weighted by atomic mass is 35.5. The van der Waals surface area contributed by atoms with Gasteiger partial charge in [0.25, 0.3) is 11.4 Å². The van der Waals surface area contributed by atoms with Gasteiger partial charge in [0, 0.05) is 0 Å². The molecule has 0 bridgehead atoms. The first-order chi connectivity index (χ1) is 13.7. The molecular weight excluding hydrogens is 471 g/mol. The molecule has 0 unspecified atom stereocenters. The number of rotatable bonds is 6. The van der Waals surface area contributed by atoms with Gasteiger partial charge >= 0.3 is 0 Å². The van der Waals surface area contributed by atoms with Crippen molar-refractivity contribution in [2.45, 2.75) is 60.5 Å². The van der Waals surface area contributed by atoms with Gasteiger partial charge in [-0.25, -0.2) is 9.97 Å². The van der Waals surface area contributed by atoms with Gasteiger partial charge in [-0.2, -0.15) is 0 Å². The molecule has 31 heavy (non-hydrogen) atoms. The van der Waals surface area contributed by atoms with Crippen LogP contribution in [0.25, 0.3) is 0 Å². The Morgan fingerprint density at radius 1 is 0.935 bits per heavy atom. The van der Waals surface area contributed by atoms with E-state index in [1.807, 2.05) is 6.92 Å². The average molecular weight is 496 g/mol. The summed E-state index contributed by atoms with van der Waals surface area (Å²) in [6.07, 6.45) is 5.44. The summed E-state index contributed by atoms with van der Waals surface area (Å²) in [4.78, 5) is 27.8. The largest absolute Gasteiger partial charge is 0.473 e. The van der Waals surface area contributed by atoms with Gasteiger partial charge in [-0.05, 0) is 25.7 Å². The molecule has 0 aromatic carbocycles. The fourth-order valence-electron chi connectivity index (χ4n) is 2.40. The van der Waals surface area contributed by atoms with Crippen LogP contribution >= 0.6 is 34.8 Å². The van der Waals surface area contributed by atoms with E-state index in [1.165, 1.54) is 6.20 Å². The second-order valence-corrected chi connectivity index (χ2v) is 7.12. The van der Waals surface area contributed by atoms with Crippen molar-refractivity contribution in [1.82, 2.24) is 9.97 Å². The summed E-state index contributed by atoms with van der Waals surface area (Å²) in [5.74, 6) is 0.312. The quantitative estimate of drug-likeness (QED) is 0.243. The molecule has 3 rings (SSSR count). The zero-order valence-electron chi connectivity index (χ0n) is 15.5. The Bertz CT molecular complexity index is 939. The van der Waals surface area contributed by atoms with E-state index < -0.39 is 9.85 Å². The molecule has 172 valence electrons. The van der Waals surface area contributed by atoms with Gasteiger partial charge in [0.2, 0.25) is 5.88 Å². The van der Waals surface area contributed by atoms with Crippen LogP contribution in [-0.2, 0) is 12.8 Å². The van der Waals surface area contributed by atoms with Crippen molar-refractivity contribution in [1.29, 1.82) is 0 Å². The van der Waals surface area contributed by atoms with Crippen molar-refractivity contribution in [3.8, 4) is 5.88 Å². The Hall–Kier alpha value is -2.23. The maximum atomic E-state index is 10.7. The van der Waals surface area contributed by atoms with Crippen LogP contribution in [0.5, 0.6) is 5.88 Å². The number of aromatic nitrogens is 2. The Morgan fingerprint density at radius 2 is 1.39 bits per heavy atom. The van der Waals surface area contributed by atoms with E-state index in [1.54, 1.807) is 6.92 Å². The van der Waals surface area contributed by atoms with E-state index in [0.717, 1.165) is 19.0 Å². The molecule has 1 aliphatic carbocycles.